The first-order valence-corrected chi connectivity index (χ1v) is 7.45. The molecule has 0 saturated carbocycles. The van der Waals surface area contributed by atoms with Crippen molar-refractivity contribution >= 4 is 0 Å². The fourth-order valence-electron chi connectivity index (χ4n) is 3.38. The van der Waals surface area contributed by atoms with Gasteiger partial charge in [0.25, 0.3) is 0 Å². The largest absolute Gasteiger partial charge is 0.394 e. The summed E-state index contributed by atoms with van der Waals surface area (Å²) in [6, 6.07) is 0. The van der Waals surface area contributed by atoms with Gasteiger partial charge in [0.1, 0.15) is 18.3 Å². The first kappa shape index (κ1) is 16.1. The van der Waals surface area contributed by atoms with Crippen LogP contribution in [0.5, 0.6) is 0 Å². The van der Waals surface area contributed by atoms with Crippen LogP contribution >= 0.6 is 0 Å². The molecule has 2 rings (SSSR count). The zero-order chi connectivity index (χ0) is 14.9. The van der Waals surface area contributed by atoms with Crippen LogP contribution in [0.15, 0.2) is 0 Å². The highest BCUT2D eigenvalue weighted by molar-refractivity contribution is 4.97. The van der Waals surface area contributed by atoms with Crippen molar-refractivity contribution in [1.82, 2.24) is 4.90 Å². The zero-order valence-electron chi connectivity index (χ0n) is 12.3. The van der Waals surface area contributed by atoms with Gasteiger partial charge in [-0.05, 0) is 31.2 Å². The fourth-order valence-corrected chi connectivity index (χ4v) is 3.38. The van der Waals surface area contributed by atoms with Crippen LogP contribution in [0.3, 0.4) is 0 Å². The van der Waals surface area contributed by atoms with E-state index in [0.717, 1.165) is 25.9 Å². The van der Waals surface area contributed by atoms with E-state index in [1.165, 1.54) is 0 Å². The monoisotopic (exact) mass is 289 g/mol. The Labute approximate surface area is 120 Å². The van der Waals surface area contributed by atoms with Crippen molar-refractivity contribution in [2.24, 2.45) is 11.8 Å². The summed E-state index contributed by atoms with van der Waals surface area (Å²) in [6.07, 6.45) is -1.33. The Morgan fingerprint density at radius 1 is 1.35 bits per heavy atom. The summed E-state index contributed by atoms with van der Waals surface area (Å²) in [6.45, 7) is 5.86. The van der Waals surface area contributed by atoms with Crippen molar-refractivity contribution in [2.75, 3.05) is 26.2 Å². The van der Waals surface area contributed by atoms with Gasteiger partial charge in [0.05, 0.1) is 13.2 Å². The summed E-state index contributed by atoms with van der Waals surface area (Å²) in [4.78, 5) is 2.06. The first-order chi connectivity index (χ1) is 9.35. The van der Waals surface area contributed by atoms with E-state index in [-0.39, 0.29) is 6.54 Å². The van der Waals surface area contributed by atoms with Crippen molar-refractivity contribution in [3.05, 3.63) is 0 Å². The second-order valence-corrected chi connectivity index (χ2v) is 6.64. The van der Waals surface area contributed by atoms with Crippen LogP contribution in [-0.2, 0) is 4.74 Å². The molecule has 4 N–H and O–H groups in total. The third-order valence-corrected chi connectivity index (χ3v) is 4.33. The highest BCUT2D eigenvalue weighted by Crippen LogP contribution is 2.32. The van der Waals surface area contributed by atoms with E-state index in [2.05, 4.69) is 18.7 Å². The molecule has 0 aromatic carbocycles. The van der Waals surface area contributed by atoms with E-state index in [1.807, 2.05) is 0 Å². The van der Waals surface area contributed by atoms with Crippen molar-refractivity contribution < 1.29 is 25.2 Å². The minimum atomic E-state index is -1.79. The average Bonchev–Trinajstić information content (AvgIpc) is 2.87. The Balaban J connectivity index is 1.90. The number of nitrogens with zero attached hydrogens (tertiary/aromatic N) is 1. The van der Waals surface area contributed by atoms with Gasteiger partial charge in [0.15, 0.2) is 0 Å². The Kier molecular flexibility index (Phi) is 5.05. The number of likely N-dealkylation sites (tertiary alicyclic amines) is 1. The number of rotatable bonds is 5. The van der Waals surface area contributed by atoms with Crippen LogP contribution in [0.25, 0.3) is 0 Å². The third kappa shape index (κ3) is 3.32. The van der Waals surface area contributed by atoms with E-state index in [1.54, 1.807) is 0 Å². The molecule has 20 heavy (non-hydrogen) atoms. The average molecular weight is 289 g/mol. The molecule has 5 atom stereocenters. The van der Waals surface area contributed by atoms with E-state index < -0.39 is 30.7 Å². The molecule has 2 aliphatic heterocycles. The molecule has 2 saturated heterocycles. The lowest BCUT2D eigenvalue weighted by Crippen LogP contribution is -2.51. The third-order valence-electron chi connectivity index (χ3n) is 4.33. The van der Waals surface area contributed by atoms with Gasteiger partial charge in [-0.25, -0.2) is 0 Å². The van der Waals surface area contributed by atoms with E-state index in [4.69, 9.17) is 9.84 Å². The number of β-amino-alcohol motifs (C(OH)–C–C–N with tert-alkyl or cyclic N) is 1. The molecule has 0 radical (unpaired) electrons. The molecule has 2 fully saturated rings. The molecular weight excluding hydrogens is 262 g/mol. The van der Waals surface area contributed by atoms with Gasteiger partial charge in [0.2, 0.25) is 5.79 Å². The van der Waals surface area contributed by atoms with E-state index >= 15 is 0 Å². The lowest BCUT2D eigenvalue weighted by Gasteiger charge is -2.30. The number of hydrogen-bond acceptors (Lipinski definition) is 6. The topological polar surface area (TPSA) is 93.4 Å². The molecule has 6 heteroatoms. The van der Waals surface area contributed by atoms with Crippen LogP contribution in [0.1, 0.15) is 26.7 Å². The molecular formula is C14H27NO5. The highest BCUT2D eigenvalue weighted by Gasteiger charge is 2.54. The Bertz CT molecular complexity index is 327. The minimum absolute atomic E-state index is 0.163. The fraction of sp³-hybridized carbons (Fsp3) is 1.00. The quantitative estimate of drug-likeness (QED) is 0.527. The predicted molar refractivity (Wildman–Crippen MR) is 72.9 cm³/mol. The minimum Gasteiger partial charge on any atom is -0.394 e. The zero-order valence-corrected chi connectivity index (χ0v) is 12.3. The smallest absolute Gasteiger partial charge is 0.208 e. The Morgan fingerprint density at radius 2 is 2.05 bits per heavy atom. The van der Waals surface area contributed by atoms with Crippen LogP contribution < -0.4 is 0 Å². The standard InChI is InChI=1S/C14H27NO5/c1-9(2)5-10-3-4-15(6-10)8-14(19)13(18)12(17)11(7-16)20-14/h9-13,16-19H,3-8H2,1-2H3/t10-,11?,12?,13?,14?/m1/s1. The maximum atomic E-state index is 10.4. The summed E-state index contributed by atoms with van der Waals surface area (Å²) in [7, 11) is 0. The van der Waals surface area contributed by atoms with Crippen LogP contribution in [0, 0.1) is 11.8 Å². The molecule has 4 unspecified atom stereocenters. The summed E-state index contributed by atoms with van der Waals surface area (Å²) in [5.41, 5.74) is 0. The molecule has 0 aliphatic carbocycles. The molecule has 0 bridgehead atoms. The lowest BCUT2D eigenvalue weighted by molar-refractivity contribution is -0.237. The normalized spacial score (nSPS) is 42.8. The maximum Gasteiger partial charge on any atom is 0.208 e. The SMILES string of the molecule is CC(C)C[C@H]1CCN(CC2(O)OC(CO)C(O)C2O)C1. The van der Waals surface area contributed by atoms with Gasteiger partial charge in [-0.15, -0.1) is 0 Å². The van der Waals surface area contributed by atoms with Crippen LogP contribution in [0.2, 0.25) is 0 Å². The van der Waals surface area contributed by atoms with Gasteiger partial charge >= 0.3 is 0 Å². The molecule has 0 amide bonds. The summed E-state index contributed by atoms with van der Waals surface area (Å²) in [5.74, 6) is -0.535. The van der Waals surface area contributed by atoms with Gasteiger partial charge in [-0.1, -0.05) is 13.8 Å². The summed E-state index contributed by atoms with van der Waals surface area (Å²) >= 11 is 0. The molecule has 2 aliphatic rings. The molecule has 118 valence electrons. The number of hydrogen-bond donors (Lipinski definition) is 4. The summed E-state index contributed by atoms with van der Waals surface area (Å²) < 4.78 is 5.26. The second kappa shape index (κ2) is 6.25. The van der Waals surface area contributed by atoms with E-state index in [9.17, 15) is 15.3 Å². The molecule has 2 heterocycles. The van der Waals surface area contributed by atoms with Crippen LogP contribution in [-0.4, -0.2) is 75.7 Å². The van der Waals surface area contributed by atoms with E-state index in [0.29, 0.717) is 11.8 Å². The highest BCUT2D eigenvalue weighted by atomic mass is 16.7. The number of ether oxygens (including phenoxy) is 1. The molecule has 0 aromatic heterocycles. The van der Waals surface area contributed by atoms with Gasteiger partial charge in [-0.2, -0.15) is 0 Å². The second-order valence-electron chi connectivity index (χ2n) is 6.64. The van der Waals surface area contributed by atoms with Crippen molar-refractivity contribution in [2.45, 2.75) is 50.8 Å². The van der Waals surface area contributed by atoms with Gasteiger partial charge < -0.3 is 25.2 Å². The first-order valence-electron chi connectivity index (χ1n) is 7.45. The summed E-state index contributed by atoms with van der Waals surface area (Å²) in [5, 5.41) is 39.1. The van der Waals surface area contributed by atoms with Crippen LogP contribution in [0.4, 0.5) is 0 Å². The Morgan fingerprint density at radius 3 is 2.60 bits per heavy atom. The lowest BCUT2D eigenvalue weighted by atomic mass is 9.97. The molecule has 6 nitrogen and oxygen atoms in total. The van der Waals surface area contributed by atoms with Crippen molar-refractivity contribution in [1.29, 1.82) is 0 Å². The van der Waals surface area contributed by atoms with Gasteiger partial charge in [-0.3, -0.25) is 4.90 Å². The van der Waals surface area contributed by atoms with Gasteiger partial charge in [0, 0.05) is 6.54 Å². The predicted octanol–water partition coefficient (Wildman–Crippen LogP) is -0.844. The maximum absolute atomic E-state index is 10.4. The molecule has 0 spiro atoms. The molecule has 0 aromatic rings. The Hall–Kier alpha value is -0.240. The van der Waals surface area contributed by atoms with Crippen molar-refractivity contribution in [3.63, 3.8) is 0 Å². The van der Waals surface area contributed by atoms with Crippen molar-refractivity contribution in [3.8, 4) is 0 Å². The number of aliphatic hydroxyl groups excluding tert-OH is 3. The number of aliphatic hydroxyl groups is 4.